The fourth-order valence-corrected chi connectivity index (χ4v) is 3.87. The average molecular weight is 400 g/mol. The van der Waals surface area contributed by atoms with Crippen molar-refractivity contribution in [3.8, 4) is 5.75 Å². The molecule has 1 atom stereocenters. The van der Waals surface area contributed by atoms with E-state index < -0.39 is 0 Å². The number of aldehydes is 1. The average Bonchev–Trinajstić information content (AvgIpc) is 3.12. The predicted molar refractivity (Wildman–Crippen MR) is 119 cm³/mol. The van der Waals surface area contributed by atoms with Crippen LogP contribution in [0, 0.1) is 0 Å². The molecule has 0 aliphatic heterocycles. The van der Waals surface area contributed by atoms with E-state index in [0.29, 0.717) is 24.3 Å². The molecule has 0 saturated carbocycles. The molecule has 4 heteroatoms. The highest BCUT2D eigenvalue weighted by Crippen LogP contribution is 2.21. The molecule has 0 fully saturated rings. The third kappa shape index (κ3) is 3.99. The van der Waals surface area contributed by atoms with E-state index in [0.717, 1.165) is 29.6 Å². The Morgan fingerprint density at radius 2 is 1.77 bits per heavy atom. The lowest BCUT2D eigenvalue weighted by atomic mass is 9.98. The van der Waals surface area contributed by atoms with Gasteiger partial charge in [0.1, 0.15) is 18.8 Å². The zero-order chi connectivity index (χ0) is 21.1. The van der Waals surface area contributed by atoms with Gasteiger partial charge in [0.15, 0.2) is 17.3 Å². The standard InChI is InChI=1S/C26H26N2O2/c1-3-19(2)22-11-8-20(9-12-22)15-27-18-28(25-7-5-4-6-24(25)27)16-21-10-13-26(30)23(14-21)17-29/h4-14,17-19H,3,15-16H2,1-2H3/p+1. The molecule has 152 valence electrons. The predicted octanol–water partition coefficient (Wildman–Crippen LogP) is 5.06. The van der Waals surface area contributed by atoms with Crippen LogP contribution in [0.4, 0.5) is 0 Å². The fraction of sp³-hybridized carbons (Fsp3) is 0.231. The van der Waals surface area contributed by atoms with Gasteiger partial charge < -0.3 is 5.11 Å². The zero-order valence-electron chi connectivity index (χ0n) is 17.5. The van der Waals surface area contributed by atoms with Crippen LogP contribution >= 0.6 is 0 Å². The van der Waals surface area contributed by atoms with Gasteiger partial charge in [-0.1, -0.05) is 56.3 Å². The largest absolute Gasteiger partial charge is 0.507 e. The minimum atomic E-state index is 0.0158. The molecule has 1 aromatic heterocycles. The molecule has 0 spiro atoms. The maximum absolute atomic E-state index is 11.2. The van der Waals surface area contributed by atoms with Crippen molar-refractivity contribution >= 4 is 17.3 Å². The van der Waals surface area contributed by atoms with Crippen LogP contribution in [0.3, 0.4) is 0 Å². The van der Waals surface area contributed by atoms with Gasteiger partial charge in [0.2, 0.25) is 6.33 Å². The number of aromatic nitrogens is 2. The van der Waals surface area contributed by atoms with E-state index in [2.05, 4.69) is 71.8 Å². The van der Waals surface area contributed by atoms with Gasteiger partial charge in [-0.15, -0.1) is 0 Å². The van der Waals surface area contributed by atoms with Crippen LogP contribution in [0.25, 0.3) is 11.0 Å². The number of rotatable bonds is 7. The Bertz CT molecular complexity index is 1180. The molecule has 4 rings (SSSR count). The van der Waals surface area contributed by atoms with Gasteiger partial charge in [0.25, 0.3) is 0 Å². The first-order chi connectivity index (χ1) is 14.6. The van der Waals surface area contributed by atoms with Crippen molar-refractivity contribution in [1.82, 2.24) is 4.57 Å². The van der Waals surface area contributed by atoms with Crippen molar-refractivity contribution in [3.05, 3.63) is 95.3 Å². The third-order valence-electron chi connectivity index (χ3n) is 5.87. The number of para-hydroxylation sites is 2. The number of phenolic OH excluding ortho intramolecular Hbond substituents is 1. The minimum Gasteiger partial charge on any atom is -0.507 e. The Balaban J connectivity index is 1.65. The highest BCUT2D eigenvalue weighted by atomic mass is 16.3. The molecule has 0 aliphatic carbocycles. The summed E-state index contributed by atoms with van der Waals surface area (Å²) in [6.45, 7) is 5.90. The van der Waals surface area contributed by atoms with Crippen molar-refractivity contribution in [3.63, 3.8) is 0 Å². The molecular formula is C26H27N2O2+. The quantitative estimate of drug-likeness (QED) is 0.349. The lowest BCUT2D eigenvalue weighted by Gasteiger charge is -2.09. The van der Waals surface area contributed by atoms with Gasteiger partial charge in [0.05, 0.1) is 5.56 Å². The summed E-state index contributed by atoms with van der Waals surface area (Å²) in [5.74, 6) is 0.595. The lowest BCUT2D eigenvalue weighted by Crippen LogP contribution is -2.32. The van der Waals surface area contributed by atoms with Crippen molar-refractivity contribution in [1.29, 1.82) is 0 Å². The smallest absolute Gasteiger partial charge is 0.245 e. The first-order valence-corrected chi connectivity index (χ1v) is 10.4. The second-order valence-electron chi connectivity index (χ2n) is 7.92. The fourth-order valence-electron chi connectivity index (χ4n) is 3.87. The number of hydrogen-bond donors (Lipinski definition) is 1. The van der Waals surface area contributed by atoms with E-state index in [1.807, 2.05) is 12.1 Å². The van der Waals surface area contributed by atoms with E-state index in [4.69, 9.17) is 0 Å². The third-order valence-corrected chi connectivity index (χ3v) is 5.87. The number of carbonyl (C=O) groups is 1. The van der Waals surface area contributed by atoms with Crippen LogP contribution in [-0.4, -0.2) is 16.0 Å². The molecule has 1 N–H and O–H groups in total. The second-order valence-corrected chi connectivity index (χ2v) is 7.92. The first kappa shape index (κ1) is 19.9. The summed E-state index contributed by atoms with van der Waals surface area (Å²) >= 11 is 0. The number of hydrogen-bond acceptors (Lipinski definition) is 2. The number of carbonyl (C=O) groups excluding carboxylic acids is 1. The summed E-state index contributed by atoms with van der Waals surface area (Å²) in [5, 5.41) is 9.77. The van der Waals surface area contributed by atoms with E-state index in [1.165, 1.54) is 11.1 Å². The summed E-state index contributed by atoms with van der Waals surface area (Å²) in [6, 6.07) is 22.4. The van der Waals surface area contributed by atoms with E-state index in [1.54, 1.807) is 12.1 Å². The van der Waals surface area contributed by atoms with Crippen molar-refractivity contribution in [2.45, 2.75) is 39.3 Å². The maximum atomic E-state index is 11.2. The monoisotopic (exact) mass is 399 g/mol. The van der Waals surface area contributed by atoms with Gasteiger partial charge in [-0.2, -0.15) is 0 Å². The van der Waals surface area contributed by atoms with Gasteiger partial charge in [-0.25, -0.2) is 9.13 Å². The summed E-state index contributed by atoms with van der Waals surface area (Å²) < 4.78 is 4.44. The molecule has 0 bridgehead atoms. The molecule has 0 aliphatic rings. The Morgan fingerprint density at radius 3 is 2.50 bits per heavy atom. The summed E-state index contributed by atoms with van der Waals surface area (Å²) in [5.41, 5.74) is 6.24. The molecule has 1 unspecified atom stereocenters. The van der Waals surface area contributed by atoms with Crippen LogP contribution in [-0.2, 0) is 13.1 Å². The van der Waals surface area contributed by atoms with Gasteiger partial charge in [0, 0.05) is 0 Å². The lowest BCUT2D eigenvalue weighted by molar-refractivity contribution is -0.663. The maximum Gasteiger partial charge on any atom is 0.245 e. The van der Waals surface area contributed by atoms with E-state index in [-0.39, 0.29) is 5.75 Å². The van der Waals surface area contributed by atoms with Crippen LogP contribution in [0.5, 0.6) is 5.75 Å². The van der Waals surface area contributed by atoms with Crippen molar-refractivity contribution < 1.29 is 14.5 Å². The molecule has 0 saturated heterocycles. The molecular weight excluding hydrogens is 372 g/mol. The van der Waals surface area contributed by atoms with Gasteiger partial charge >= 0.3 is 0 Å². The normalized spacial score (nSPS) is 12.2. The Labute approximate surface area is 177 Å². The van der Waals surface area contributed by atoms with Crippen LogP contribution < -0.4 is 4.57 Å². The highest BCUT2D eigenvalue weighted by Gasteiger charge is 2.16. The number of fused-ring (bicyclic) bond motifs is 1. The van der Waals surface area contributed by atoms with Crippen molar-refractivity contribution in [2.75, 3.05) is 0 Å². The SMILES string of the molecule is CCC(C)c1ccc(Cn2c[n+](Cc3ccc(O)c(C=O)c3)c3ccccc32)cc1. The molecule has 4 nitrogen and oxygen atoms in total. The number of benzene rings is 3. The zero-order valence-corrected chi connectivity index (χ0v) is 17.5. The molecule has 4 aromatic rings. The van der Waals surface area contributed by atoms with Gasteiger partial charge in [-0.3, -0.25) is 4.79 Å². The number of nitrogens with zero attached hydrogens (tertiary/aromatic N) is 2. The molecule has 1 heterocycles. The van der Waals surface area contributed by atoms with Crippen LogP contribution in [0.15, 0.2) is 73.1 Å². The second kappa shape index (κ2) is 8.54. The molecule has 0 amide bonds. The Kier molecular flexibility index (Phi) is 5.66. The van der Waals surface area contributed by atoms with Crippen molar-refractivity contribution in [2.24, 2.45) is 0 Å². The Morgan fingerprint density at radius 1 is 1.03 bits per heavy atom. The molecule has 0 radical (unpaired) electrons. The van der Waals surface area contributed by atoms with E-state index >= 15 is 0 Å². The van der Waals surface area contributed by atoms with Crippen LogP contribution in [0.2, 0.25) is 0 Å². The first-order valence-electron chi connectivity index (χ1n) is 10.4. The number of imidazole rings is 1. The topological polar surface area (TPSA) is 46.1 Å². The number of aromatic hydroxyl groups is 1. The molecule has 30 heavy (non-hydrogen) atoms. The van der Waals surface area contributed by atoms with Gasteiger partial charge in [-0.05, 0) is 53.3 Å². The number of phenols is 1. The summed E-state index contributed by atoms with van der Waals surface area (Å²) in [4.78, 5) is 11.2. The minimum absolute atomic E-state index is 0.0158. The molecule has 3 aromatic carbocycles. The van der Waals surface area contributed by atoms with Crippen LogP contribution in [0.1, 0.15) is 53.2 Å². The summed E-state index contributed by atoms with van der Waals surface area (Å²) in [6.07, 6.45) is 3.96. The Hall–Kier alpha value is -3.40. The highest BCUT2D eigenvalue weighted by molar-refractivity contribution is 5.79. The van der Waals surface area contributed by atoms with E-state index in [9.17, 15) is 9.90 Å². The summed E-state index contributed by atoms with van der Waals surface area (Å²) in [7, 11) is 0.